The molecule has 3 heteroatoms. The third-order valence-electron chi connectivity index (χ3n) is 4.69. The van der Waals surface area contributed by atoms with Gasteiger partial charge in [0.15, 0.2) is 0 Å². The smallest absolute Gasteiger partial charge is 0.320 e. The fourth-order valence-electron chi connectivity index (χ4n) is 3.30. The van der Waals surface area contributed by atoms with Crippen molar-refractivity contribution >= 4 is 6.03 Å². The molecule has 3 rings (SSSR count). The maximum absolute atomic E-state index is 12.2. The Kier molecular flexibility index (Phi) is 1.98. The fraction of sp³-hybridized carbons (Fsp3) is 0.917. The van der Waals surface area contributed by atoms with Gasteiger partial charge in [0, 0.05) is 18.6 Å². The van der Waals surface area contributed by atoms with E-state index in [1.807, 2.05) is 0 Å². The van der Waals surface area contributed by atoms with Crippen LogP contribution in [0.5, 0.6) is 0 Å². The van der Waals surface area contributed by atoms with Gasteiger partial charge in [-0.25, -0.2) is 4.79 Å². The van der Waals surface area contributed by atoms with Crippen LogP contribution in [0.15, 0.2) is 0 Å². The van der Waals surface area contributed by atoms with Crippen molar-refractivity contribution in [1.82, 2.24) is 9.80 Å². The summed E-state index contributed by atoms with van der Waals surface area (Å²) in [6.07, 6.45) is 4.98. The van der Waals surface area contributed by atoms with Gasteiger partial charge in [-0.05, 0) is 38.5 Å². The first-order chi connectivity index (χ1) is 7.18. The average Bonchev–Trinajstić information content (AvgIpc) is 2.53. The molecule has 0 spiro atoms. The van der Waals surface area contributed by atoms with Gasteiger partial charge in [0.25, 0.3) is 0 Å². The zero-order valence-corrected chi connectivity index (χ0v) is 9.65. The lowest BCUT2D eigenvalue weighted by atomic mass is 9.91. The van der Waals surface area contributed by atoms with Crippen molar-refractivity contribution in [2.45, 2.75) is 57.7 Å². The van der Waals surface area contributed by atoms with Crippen molar-refractivity contribution < 1.29 is 4.79 Å². The number of hydrogen-bond acceptors (Lipinski definition) is 1. The van der Waals surface area contributed by atoms with Crippen LogP contribution < -0.4 is 0 Å². The monoisotopic (exact) mass is 208 g/mol. The molecule has 0 aromatic rings. The van der Waals surface area contributed by atoms with E-state index in [2.05, 4.69) is 23.6 Å². The summed E-state index contributed by atoms with van der Waals surface area (Å²) in [5.74, 6) is 0.683. The molecule has 1 saturated carbocycles. The molecule has 3 unspecified atom stereocenters. The van der Waals surface area contributed by atoms with Crippen LogP contribution in [0, 0.1) is 5.92 Å². The Morgan fingerprint density at radius 3 is 2.47 bits per heavy atom. The summed E-state index contributed by atoms with van der Waals surface area (Å²) in [4.78, 5) is 16.5. The lowest BCUT2D eigenvalue weighted by Gasteiger charge is -2.35. The molecule has 2 heterocycles. The third kappa shape index (κ3) is 1.21. The van der Waals surface area contributed by atoms with Crippen LogP contribution in [0.1, 0.15) is 39.5 Å². The summed E-state index contributed by atoms with van der Waals surface area (Å²) in [6.45, 7) is 5.47. The van der Waals surface area contributed by atoms with E-state index in [0.717, 1.165) is 6.54 Å². The number of carbonyl (C=O) groups is 1. The van der Waals surface area contributed by atoms with Gasteiger partial charge in [-0.3, -0.25) is 0 Å². The van der Waals surface area contributed by atoms with E-state index in [9.17, 15) is 4.79 Å². The second-order valence-electron chi connectivity index (χ2n) is 5.53. The Morgan fingerprint density at radius 1 is 1.20 bits per heavy atom. The van der Waals surface area contributed by atoms with E-state index in [1.165, 1.54) is 25.7 Å². The molecule has 0 aromatic heterocycles. The highest BCUT2D eigenvalue weighted by Crippen LogP contribution is 2.38. The highest BCUT2D eigenvalue weighted by Gasteiger charge is 2.49. The molecule has 3 fully saturated rings. The first-order valence-electron chi connectivity index (χ1n) is 6.27. The lowest BCUT2D eigenvalue weighted by Crippen LogP contribution is -2.45. The Bertz CT molecular complexity index is 287. The Balaban J connectivity index is 1.77. The molecular weight excluding hydrogens is 188 g/mol. The maximum Gasteiger partial charge on any atom is 0.320 e. The molecule has 1 aliphatic carbocycles. The van der Waals surface area contributed by atoms with E-state index < -0.39 is 0 Å². The molecule has 0 aromatic carbocycles. The number of carbonyl (C=O) groups excluding carboxylic acids is 1. The summed E-state index contributed by atoms with van der Waals surface area (Å²) in [5, 5.41) is 0. The zero-order chi connectivity index (χ0) is 10.6. The highest BCUT2D eigenvalue weighted by molar-refractivity contribution is 5.78. The third-order valence-corrected chi connectivity index (χ3v) is 4.69. The first kappa shape index (κ1) is 9.49. The summed E-state index contributed by atoms with van der Waals surface area (Å²) in [5.41, 5.74) is 0. The molecule has 0 radical (unpaired) electrons. The number of fused-ring (bicyclic) bond motifs is 1. The fourth-order valence-corrected chi connectivity index (χ4v) is 3.30. The van der Waals surface area contributed by atoms with Crippen molar-refractivity contribution in [2.75, 3.05) is 6.54 Å². The average molecular weight is 208 g/mol. The molecular formula is C12H20N2O. The minimum atomic E-state index is 0.321. The molecule has 2 saturated heterocycles. The number of amides is 2. The van der Waals surface area contributed by atoms with E-state index in [4.69, 9.17) is 0 Å². The topological polar surface area (TPSA) is 23.6 Å². The molecule has 3 nitrogen and oxygen atoms in total. The number of hydrogen-bond donors (Lipinski definition) is 0. The quantitative estimate of drug-likeness (QED) is 0.647. The van der Waals surface area contributed by atoms with E-state index in [1.54, 1.807) is 0 Å². The molecule has 3 aliphatic rings. The first-order valence-corrected chi connectivity index (χ1v) is 6.27. The van der Waals surface area contributed by atoms with Crippen molar-refractivity contribution in [3.63, 3.8) is 0 Å². The number of urea groups is 1. The van der Waals surface area contributed by atoms with Crippen LogP contribution in [0.4, 0.5) is 4.79 Å². The lowest BCUT2D eigenvalue weighted by molar-refractivity contribution is 0.141. The van der Waals surface area contributed by atoms with Crippen LogP contribution in [0.3, 0.4) is 0 Å². The standard InChI is InChI=1S/C12H20N2O/c1-8-6-11-7-13(10-4-3-5-10)12(15)14(11)9(8)2/h8-11H,3-7H2,1-2H3. The van der Waals surface area contributed by atoms with Crippen LogP contribution in [0.25, 0.3) is 0 Å². The van der Waals surface area contributed by atoms with E-state index in [0.29, 0.717) is 30.1 Å². The largest absolute Gasteiger partial charge is 0.320 e. The maximum atomic E-state index is 12.2. The molecule has 84 valence electrons. The van der Waals surface area contributed by atoms with Crippen LogP contribution in [-0.4, -0.2) is 40.5 Å². The van der Waals surface area contributed by atoms with Gasteiger partial charge in [0.1, 0.15) is 0 Å². The van der Waals surface area contributed by atoms with Gasteiger partial charge in [-0.1, -0.05) is 6.92 Å². The van der Waals surface area contributed by atoms with Gasteiger partial charge in [-0.2, -0.15) is 0 Å². The number of nitrogens with zero attached hydrogens (tertiary/aromatic N) is 2. The minimum Gasteiger partial charge on any atom is -0.320 e. The molecule has 2 aliphatic heterocycles. The van der Waals surface area contributed by atoms with E-state index >= 15 is 0 Å². The van der Waals surface area contributed by atoms with Gasteiger partial charge >= 0.3 is 6.03 Å². The Labute approximate surface area is 91.4 Å². The zero-order valence-electron chi connectivity index (χ0n) is 9.65. The summed E-state index contributed by atoms with van der Waals surface area (Å²) in [7, 11) is 0. The van der Waals surface area contributed by atoms with Crippen molar-refractivity contribution in [2.24, 2.45) is 5.92 Å². The molecule has 15 heavy (non-hydrogen) atoms. The van der Waals surface area contributed by atoms with Gasteiger partial charge in [0.05, 0.1) is 6.04 Å². The predicted octanol–water partition coefficient (Wildman–Crippen LogP) is 2.07. The minimum absolute atomic E-state index is 0.321. The van der Waals surface area contributed by atoms with Crippen molar-refractivity contribution in [1.29, 1.82) is 0 Å². The summed E-state index contributed by atoms with van der Waals surface area (Å²) in [6, 6.07) is 1.86. The molecule has 2 amide bonds. The SMILES string of the molecule is CC1CC2CN(C3CCC3)C(=O)N2C1C. The predicted molar refractivity (Wildman–Crippen MR) is 58.6 cm³/mol. The van der Waals surface area contributed by atoms with E-state index in [-0.39, 0.29) is 0 Å². The van der Waals surface area contributed by atoms with Crippen molar-refractivity contribution in [3.05, 3.63) is 0 Å². The Morgan fingerprint density at radius 2 is 1.93 bits per heavy atom. The van der Waals surface area contributed by atoms with Gasteiger partial charge in [0.2, 0.25) is 0 Å². The second-order valence-corrected chi connectivity index (χ2v) is 5.53. The van der Waals surface area contributed by atoms with Crippen LogP contribution in [-0.2, 0) is 0 Å². The second kappa shape index (κ2) is 3.13. The summed E-state index contributed by atoms with van der Waals surface area (Å²) >= 11 is 0. The number of rotatable bonds is 1. The summed E-state index contributed by atoms with van der Waals surface area (Å²) < 4.78 is 0. The van der Waals surface area contributed by atoms with Crippen molar-refractivity contribution in [3.8, 4) is 0 Å². The molecule has 3 atom stereocenters. The molecule has 0 N–H and O–H groups in total. The van der Waals surface area contributed by atoms with Gasteiger partial charge < -0.3 is 9.80 Å². The van der Waals surface area contributed by atoms with Crippen LogP contribution in [0.2, 0.25) is 0 Å². The Hall–Kier alpha value is -0.730. The normalized spacial score (nSPS) is 40.9. The molecule has 0 bridgehead atoms. The van der Waals surface area contributed by atoms with Crippen LogP contribution >= 0.6 is 0 Å². The highest BCUT2D eigenvalue weighted by atomic mass is 16.2. The van der Waals surface area contributed by atoms with Gasteiger partial charge in [-0.15, -0.1) is 0 Å².